The number of phenolic OH excluding ortho intramolecular Hbond substituents is 1. The predicted octanol–water partition coefficient (Wildman–Crippen LogP) is 1.91. The van der Waals surface area contributed by atoms with Gasteiger partial charge in [-0.05, 0) is 37.3 Å². The maximum atomic E-state index is 11.0. The molecule has 0 heterocycles. The van der Waals surface area contributed by atoms with Crippen molar-refractivity contribution >= 4 is 11.6 Å². The highest BCUT2D eigenvalue weighted by atomic mass is 16.3. The number of aromatic hydroxyl groups is 1. The Bertz CT molecular complexity index is 314. The van der Waals surface area contributed by atoms with Crippen LogP contribution >= 0.6 is 0 Å². The molecule has 0 unspecified atom stereocenters. The smallest absolute Gasteiger partial charge is 0.248 e. The monoisotopic (exact) mass is 177 g/mol. The maximum absolute atomic E-state index is 11.0. The van der Waals surface area contributed by atoms with Crippen molar-refractivity contribution in [2.24, 2.45) is 0 Å². The largest absolute Gasteiger partial charge is 0.508 e. The first kappa shape index (κ1) is 9.32. The molecule has 13 heavy (non-hydrogen) atoms. The van der Waals surface area contributed by atoms with E-state index < -0.39 is 0 Å². The quantitative estimate of drug-likeness (QED) is 0.535. The summed E-state index contributed by atoms with van der Waals surface area (Å²) in [6.07, 6.45) is 3.10. The molecule has 68 valence electrons. The first-order chi connectivity index (χ1) is 6.22. The van der Waals surface area contributed by atoms with Crippen molar-refractivity contribution in [3.63, 3.8) is 0 Å². The molecule has 0 radical (unpaired) electrons. The SMILES string of the molecule is C/C=C/C(=O)Nc1ccc(O)cc1. The first-order valence-corrected chi connectivity index (χ1v) is 3.95. The lowest BCUT2D eigenvalue weighted by atomic mass is 10.3. The zero-order valence-corrected chi connectivity index (χ0v) is 7.32. The molecular weight excluding hydrogens is 166 g/mol. The van der Waals surface area contributed by atoms with Crippen LogP contribution in [0.1, 0.15) is 6.92 Å². The summed E-state index contributed by atoms with van der Waals surface area (Å²) in [5.74, 6) is 0.0113. The highest BCUT2D eigenvalue weighted by molar-refractivity contribution is 5.99. The second kappa shape index (κ2) is 4.30. The summed E-state index contributed by atoms with van der Waals surface area (Å²) in [6, 6.07) is 6.31. The van der Waals surface area contributed by atoms with Gasteiger partial charge >= 0.3 is 0 Å². The van der Waals surface area contributed by atoms with E-state index in [4.69, 9.17) is 5.11 Å². The molecule has 0 fully saturated rings. The van der Waals surface area contributed by atoms with Crippen LogP contribution in [0.15, 0.2) is 36.4 Å². The van der Waals surface area contributed by atoms with Gasteiger partial charge in [-0.25, -0.2) is 0 Å². The topological polar surface area (TPSA) is 49.3 Å². The van der Waals surface area contributed by atoms with Crippen LogP contribution in [0.2, 0.25) is 0 Å². The van der Waals surface area contributed by atoms with E-state index in [2.05, 4.69) is 5.32 Å². The highest BCUT2D eigenvalue weighted by Gasteiger charge is 1.95. The molecule has 1 rings (SSSR count). The number of hydrogen-bond acceptors (Lipinski definition) is 2. The third-order valence-electron chi connectivity index (χ3n) is 1.45. The molecule has 1 aromatic rings. The van der Waals surface area contributed by atoms with Gasteiger partial charge in [-0.2, -0.15) is 0 Å². The minimum absolute atomic E-state index is 0.173. The van der Waals surface area contributed by atoms with Gasteiger partial charge in [-0.1, -0.05) is 6.08 Å². The van der Waals surface area contributed by atoms with E-state index in [0.717, 1.165) is 0 Å². The van der Waals surface area contributed by atoms with Crippen LogP contribution in [0.25, 0.3) is 0 Å². The summed E-state index contributed by atoms with van der Waals surface area (Å²) in [4.78, 5) is 11.0. The molecule has 1 aromatic carbocycles. The molecule has 0 saturated carbocycles. The van der Waals surface area contributed by atoms with E-state index in [9.17, 15) is 4.79 Å². The fourth-order valence-electron chi connectivity index (χ4n) is 0.880. The van der Waals surface area contributed by atoms with E-state index in [0.29, 0.717) is 5.69 Å². The predicted molar refractivity (Wildman–Crippen MR) is 51.6 cm³/mol. The molecule has 0 spiro atoms. The summed E-state index contributed by atoms with van der Waals surface area (Å²) in [5, 5.41) is 11.6. The zero-order valence-electron chi connectivity index (χ0n) is 7.32. The van der Waals surface area contributed by atoms with Gasteiger partial charge in [-0.15, -0.1) is 0 Å². The van der Waals surface area contributed by atoms with Crippen LogP contribution in [0, 0.1) is 0 Å². The normalized spacial score (nSPS) is 10.2. The molecular formula is C10H11NO2. The van der Waals surface area contributed by atoms with Gasteiger partial charge < -0.3 is 10.4 Å². The van der Waals surface area contributed by atoms with Gasteiger partial charge in [0.15, 0.2) is 0 Å². The van der Waals surface area contributed by atoms with Crippen molar-refractivity contribution in [1.82, 2.24) is 0 Å². The first-order valence-electron chi connectivity index (χ1n) is 3.95. The zero-order chi connectivity index (χ0) is 9.68. The number of anilines is 1. The molecule has 3 nitrogen and oxygen atoms in total. The number of allylic oxidation sites excluding steroid dienone is 1. The van der Waals surface area contributed by atoms with Gasteiger partial charge in [-0.3, -0.25) is 4.79 Å². The molecule has 0 aromatic heterocycles. The molecule has 0 atom stereocenters. The van der Waals surface area contributed by atoms with Crippen molar-refractivity contribution in [2.75, 3.05) is 5.32 Å². The molecule has 0 aliphatic carbocycles. The van der Waals surface area contributed by atoms with Gasteiger partial charge in [0.25, 0.3) is 0 Å². The average Bonchev–Trinajstić information content (AvgIpc) is 2.09. The molecule has 0 aliphatic rings. The third-order valence-corrected chi connectivity index (χ3v) is 1.45. The number of amides is 1. The molecule has 0 aliphatic heterocycles. The summed E-state index contributed by atoms with van der Waals surface area (Å²) in [7, 11) is 0. The summed E-state index contributed by atoms with van der Waals surface area (Å²) in [6.45, 7) is 1.77. The lowest BCUT2D eigenvalue weighted by Gasteiger charge is -2.00. The number of carbonyl (C=O) groups is 1. The highest BCUT2D eigenvalue weighted by Crippen LogP contribution is 2.13. The molecule has 3 heteroatoms. The minimum atomic E-state index is -0.173. The number of rotatable bonds is 2. The van der Waals surface area contributed by atoms with Crippen molar-refractivity contribution in [2.45, 2.75) is 6.92 Å². The number of hydrogen-bond donors (Lipinski definition) is 2. The molecule has 0 saturated heterocycles. The summed E-state index contributed by atoms with van der Waals surface area (Å²) in [5.41, 5.74) is 0.668. The van der Waals surface area contributed by atoms with Gasteiger partial charge in [0.2, 0.25) is 5.91 Å². The Hall–Kier alpha value is -1.77. The summed E-state index contributed by atoms with van der Waals surface area (Å²) >= 11 is 0. The lowest BCUT2D eigenvalue weighted by molar-refractivity contribution is -0.111. The van der Waals surface area contributed by atoms with E-state index in [1.165, 1.54) is 18.2 Å². The van der Waals surface area contributed by atoms with Crippen LogP contribution in [0.3, 0.4) is 0 Å². The fraction of sp³-hybridized carbons (Fsp3) is 0.100. The second-order valence-corrected chi connectivity index (χ2v) is 2.54. The van der Waals surface area contributed by atoms with Crippen molar-refractivity contribution in [3.8, 4) is 5.75 Å². The fourth-order valence-corrected chi connectivity index (χ4v) is 0.880. The van der Waals surface area contributed by atoms with Crippen molar-refractivity contribution < 1.29 is 9.90 Å². The number of carbonyl (C=O) groups excluding carboxylic acids is 1. The average molecular weight is 177 g/mol. The Kier molecular flexibility index (Phi) is 3.09. The maximum Gasteiger partial charge on any atom is 0.248 e. The standard InChI is InChI=1S/C10H11NO2/c1-2-3-10(13)11-8-4-6-9(12)7-5-8/h2-7,12H,1H3,(H,11,13)/b3-2+. The van der Waals surface area contributed by atoms with E-state index in [1.54, 1.807) is 25.1 Å². The Balaban J connectivity index is 2.64. The van der Waals surface area contributed by atoms with E-state index >= 15 is 0 Å². The number of phenols is 1. The Morgan fingerprint density at radius 1 is 1.38 bits per heavy atom. The van der Waals surface area contributed by atoms with Crippen molar-refractivity contribution in [3.05, 3.63) is 36.4 Å². The molecule has 1 amide bonds. The van der Waals surface area contributed by atoms with Crippen LogP contribution in [0.5, 0.6) is 5.75 Å². The second-order valence-electron chi connectivity index (χ2n) is 2.54. The summed E-state index contributed by atoms with van der Waals surface area (Å²) < 4.78 is 0. The Labute approximate surface area is 76.7 Å². The van der Waals surface area contributed by atoms with Gasteiger partial charge in [0.1, 0.15) is 5.75 Å². The van der Waals surface area contributed by atoms with Gasteiger partial charge in [0.05, 0.1) is 0 Å². The van der Waals surface area contributed by atoms with Crippen molar-refractivity contribution in [1.29, 1.82) is 0 Å². The van der Waals surface area contributed by atoms with E-state index in [1.807, 2.05) is 0 Å². The Morgan fingerprint density at radius 2 is 2.00 bits per heavy atom. The van der Waals surface area contributed by atoms with E-state index in [-0.39, 0.29) is 11.7 Å². The van der Waals surface area contributed by atoms with Crippen LogP contribution in [0.4, 0.5) is 5.69 Å². The van der Waals surface area contributed by atoms with Crippen LogP contribution < -0.4 is 5.32 Å². The van der Waals surface area contributed by atoms with Crippen LogP contribution in [-0.2, 0) is 4.79 Å². The number of nitrogens with one attached hydrogen (secondary N) is 1. The minimum Gasteiger partial charge on any atom is -0.508 e. The van der Waals surface area contributed by atoms with Gasteiger partial charge in [0, 0.05) is 5.69 Å². The molecule has 0 bridgehead atoms. The number of benzene rings is 1. The Morgan fingerprint density at radius 3 is 2.54 bits per heavy atom. The third kappa shape index (κ3) is 2.99. The van der Waals surface area contributed by atoms with Crippen LogP contribution in [-0.4, -0.2) is 11.0 Å². The molecule has 2 N–H and O–H groups in total. The lowest BCUT2D eigenvalue weighted by Crippen LogP contribution is -2.07.